The first-order chi connectivity index (χ1) is 17.5. The van der Waals surface area contributed by atoms with Crippen LogP contribution in [-0.4, -0.2) is 44.1 Å². The highest BCUT2D eigenvalue weighted by molar-refractivity contribution is 6.00. The quantitative estimate of drug-likeness (QED) is 0.337. The van der Waals surface area contributed by atoms with Gasteiger partial charge < -0.3 is 14.0 Å². The third-order valence-corrected chi connectivity index (χ3v) is 7.50. The van der Waals surface area contributed by atoms with Gasteiger partial charge in [0.25, 0.3) is 0 Å². The molecule has 1 saturated heterocycles. The van der Waals surface area contributed by atoms with Gasteiger partial charge in [-0.2, -0.15) is 5.26 Å². The number of hydrogen-bond donors (Lipinski definition) is 0. The van der Waals surface area contributed by atoms with Crippen LogP contribution in [0.2, 0.25) is 0 Å². The normalized spacial score (nSPS) is 15.1. The van der Waals surface area contributed by atoms with Crippen LogP contribution in [0.15, 0.2) is 61.2 Å². The zero-order chi connectivity index (χ0) is 24.8. The molecule has 0 aliphatic carbocycles. The Morgan fingerprint density at radius 2 is 1.81 bits per heavy atom. The number of fused-ring (bicyclic) bond motifs is 2. The Bertz CT molecular complexity index is 1630. The lowest BCUT2D eigenvalue weighted by Crippen LogP contribution is -2.31. The second-order valence-corrected chi connectivity index (χ2v) is 9.87. The number of hydrogen-bond acceptors (Lipinski definition) is 4. The van der Waals surface area contributed by atoms with E-state index in [1.54, 1.807) is 6.07 Å². The molecular weight excluding hydrogens is 451 g/mol. The average Bonchev–Trinajstić information content (AvgIpc) is 3.47. The van der Waals surface area contributed by atoms with Crippen LogP contribution in [-0.2, 0) is 13.6 Å². The summed E-state index contributed by atoms with van der Waals surface area (Å²) in [5.41, 5.74) is 6.04. The van der Waals surface area contributed by atoms with Crippen LogP contribution in [0.1, 0.15) is 18.4 Å². The van der Waals surface area contributed by atoms with Crippen LogP contribution in [0.5, 0.6) is 0 Å². The lowest BCUT2D eigenvalue weighted by molar-refractivity contribution is 0.206. The van der Waals surface area contributed by atoms with Crippen LogP contribution in [0.4, 0.5) is 4.39 Å². The highest BCUT2D eigenvalue weighted by atomic mass is 19.1. The number of nitrogens with zero attached hydrogens (tertiary/aromatic N) is 6. The molecule has 0 amide bonds. The summed E-state index contributed by atoms with van der Waals surface area (Å²) < 4.78 is 19.0. The third kappa shape index (κ3) is 3.84. The molecule has 0 unspecified atom stereocenters. The van der Waals surface area contributed by atoms with Gasteiger partial charge in [0.05, 0.1) is 29.3 Å². The summed E-state index contributed by atoms with van der Waals surface area (Å²) in [4.78, 5) is 12.1. The summed E-state index contributed by atoms with van der Waals surface area (Å²) in [6.45, 7) is 3.11. The zero-order valence-electron chi connectivity index (χ0n) is 20.4. The fraction of sp³-hybridized carbons (Fsp3) is 0.276. The lowest BCUT2D eigenvalue weighted by Gasteiger charge is -2.29. The van der Waals surface area contributed by atoms with E-state index in [0.29, 0.717) is 11.5 Å². The first-order valence-electron chi connectivity index (χ1n) is 12.3. The first-order valence-corrected chi connectivity index (χ1v) is 12.3. The summed E-state index contributed by atoms with van der Waals surface area (Å²) in [6, 6.07) is 15.0. The van der Waals surface area contributed by atoms with Crippen LogP contribution in [0.25, 0.3) is 44.3 Å². The zero-order valence-corrected chi connectivity index (χ0v) is 20.4. The average molecular weight is 479 g/mol. The van der Waals surface area contributed by atoms with E-state index in [2.05, 4.69) is 45.3 Å². The largest absolute Gasteiger partial charge is 0.351 e. The van der Waals surface area contributed by atoms with E-state index in [1.165, 1.54) is 12.1 Å². The van der Waals surface area contributed by atoms with Gasteiger partial charge in [-0.3, -0.25) is 4.98 Å². The number of pyridine rings is 1. The van der Waals surface area contributed by atoms with Crippen molar-refractivity contribution in [3.63, 3.8) is 0 Å². The minimum Gasteiger partial charge on any atom is -0.351 e. The van der Waals surface area contributed by atoms with Gasteiger partial charge in [-0.15, -0.1) is 0 Å². The molecule has 4 heterocycles. The van der Waals surface area contributed by atoms with E-state index in [9.17, 15) is 9.65 Å². The van der Waals surface area contributed by atoms with Gasteiger partial charge in [-0.25, -0.2) is 9.37 Å². The molecule has 0 atom stereocenters. The summed E-state index contributed by atoms with van der Waals surface area (Å²) in [5.74, 6) is 0.0526. The molecule has 6 nitrogen and oxygen atoms in total. The molecule has 180 valence electrons. The number of nitriles is 1. The molecule has 2 aromatic carbocycles. The maximum absolute atomic E-state index is 14.8. The van der Waals surface area contributed by atoms with E-state index in [-0.39, 0.29) is 5.56 Å². The molecule has 7 heteroatoms. The number of likely N-dealkylation sites (tertiary alicyclic amines) is 1. The molecule has 0 saturated carbocycles. The standard InChI is InChI=1S/C29H27FN6/c1-34-10-7-19(8-11-34)17-36-18-33-29-26(36)16-32-28(22-5-6-25-20(13-22)9-12-35(25)2)27(29)21-3-4-23(15-31)24(30)14-21/h3-6,9,12-14,16,18-19H,7-8,10-11,17H2,1-2H3. The minimum atomic E-state index is -0.540. The second-order valence-electron chi connectivity index (χ2n) is 9.87. The van der Waals surface area contributed by atoms with Gasteiger partial charge in [-0.1, -0.05) is 12.1 Å². The molecule has 1 aliphatic heterocycles. The fourth-order valence-corrected chi connectivity index (χ4v) is 5.37. The van der Waals surface area contributed by atoms with Crippen molar-refractivity contribution in [2.45, 2.75) is 19.4 Å². The van der Waals surface area contributed by atoms with Gasteiger partial charge in [0, 0.05) is 41.8 Å². The number of benzene rings is 2. The Balaban J connectivity index is 1.51. The Hall–Kier alpha value is -4.02. The van der Waals surface area contributed by atoms with Crippen molar-refractivity contribution in [2.75, 3.05) is 20.1 Å². The van der Waals surface area contributed by atoms with Crippen molar-refractivity contribution >= 4 is 21.9 Å². The molecule has 0 bridgehead atoms. The topological polar surface area (TPSA) is 62.7 Å². The van der Waals surface area contributed by atoms with Crippen LogP contribution < -0.4 is 0 Å². The monoisotopic (exact) mass is 478 g/mol. The van der Waals surface area contributed by atoms with Gasteiger partial charge in [0.1, 0.15) is 17.4 Å². The first kappa shape index (κ1) is 22.4. The van der Waals surface area contributed by atoms with Crippen molar-refractivity contribution in [3.8, 4) is 28.5 Å². The van der Waals surface area contributed by atoms with E-state index < -0.39 is 5.82 Å². The van der Waals surface area contributed by atoms with Crippen molar-refractivity contribution < 1.29 is 4.39 Å². The van der Waals surface area contributed by atoms with Gasteiger partial charge in [-0.05, 0) is 74.8 Å². The van der Waals surface area contributed by atoms with E-state index in [4.69, 9.17) is 9.97 Å². The molecule has 0 radical (unpaired) electrons. The Morgan fingerprint density at radius 1 is 1.00 bits per heavy atom. The second kappa shape index (κ2) is 8.89. The maximum atomic E-state index is 14.8. The molecule has 1 fully saturated rings. The van der Waals surface area contributed by atoms with Crippen LogP contribution >= 0.6 is 0 Å². The molecule has 6 rings (SSSR count). The Labute approximate surface area is 209 Å². The van der Waals surface area contributed by atoms with E-state index in [0.717, 1.165) is 71.2 Å². The SMILES string of the molecule is CN1CCC(Cn2cnc3c(-c4ccc(C#N)c(F)c4)c(-c4ccc5c(ccn5C)c4)ncc32)CC1. The van der Waals surface area contributed by atoms with Gasteiger partial charge >= 0.3 is 0 Å². The molecule has 1 aliphatic rings. The molecule has 3 aromatic heterocycles. The minimum absolute atomic E-state index is 0.0268. The molecule has 0 spiro atoms. The predicted molar refractivity (Wildman–Crippen MR) is 140 cm³/mol. The smallest absolute Gasteiger partial charge is 0.141 e. The van der Waals surface area contributed by atoms with Gasteiger partial charge in [0.15, 0.2) is 0 Å². The van der Waals surface area contributed by atoms with Gasteiger partial charge in [0.2, 0.25) is 0 Å². The summed E-state index contributed by atoms with van der Waals surface area (Å²) in [6.07, 6.45) is 8.13. The van der Waals surface area contributed by atoms with Crippen molar-refractivity contribution in [2.24, 2.45) is 13.0 Å². The number of aromatic nitrogens is 4. The van der Waals surface area contributed by atoms with Crippen LogP contribution in [0.3, 0.4) is 0 Å². The Morgan fingerprint density at radius 3 is 2.58 bits per heavy atom. The maximum Gasteiger partial charge on any atom is 0.141 e. The number of halogens is 1. The van der Waals surface area contributed by atoms with Crippen molar-refractivity contribution in [1.29, 1.82) is 5.26 Å². The molecule has 36 heavy (non-hydrogen) atoms. The fourth-order valence-electron chi connectivity index (χ4n) is 5.37. The third-order valence-electron chi connectivity index (χ3n) is 7.50. The summed E-state index contributed by atoms with van der Waals surface area (Å²) in [5, 5.41) is 10.4. The van der Waals surface area contributed by atoms with E-state index >= 15 is 0 Å². The van der Waals surface area contributed by atoms with E-state index in [1.807, 2.05) is 31.8 Å². The van der Waals surface area contributed by atoms with Crippen LogP contribution in [0, 0.1) is 23.1 Å². The summed E-state index contributed by atoms with van der Waals surface area (Å²) in [7, 11) is 4.19. The molecule has 5 aromatic rings. The van der Waals surface area contributed by atoms with Crippen molar-refractivity contribution in [3.05, 3.63) is 72.6 Å². The summed E-state index contributed by atoms with van der Waals surface area (Å²) >= 11 is 0. The number of aryl methyl sites for hydroxylation is 1. The number of imidazole rings is 1. The number of rotatable bonds is 4. The number of piperidine rings is 1. The Kier molecular flexibility index (Phi) is 5.54. The molecular formula is C29H27FN6. The lowest BCUT2D eigenvalue weighted by atomic mass is 9.96. The van der Waals surface area contributed by atoms with Crippen molar-refractivity contribution in [1.82, 2.24) is 24.0 Å². The molecule has 0 N–H and O–H groups in total. The highest BCUT2D eigenvalue weighted by Crippen LogP contribution is 2.38. The highest BCUT2D eigenvalue weighted by Gasteiger charge is 2.21. The predicted octanol–water partition coefficient (Wildman–Crippen LogP) is 5.61.